The standard InChI is InChI=1S/C16H13BrClFN6/c17-7-1-2-11(9(18)3-7)25-15-8(10(20)5-13(21)22)4-12-16(14(15)19)24-6-23-12/h1-4,6,20,25H,5H2,(H3,21,22)(H,23,24). The smallest absolute Gasteiger partial charge is 0.175 e. The summed E-state index contributed by atoms with van der Waals surface area (Å²) in [5.41, 5.74) is 6.83. The largest absolute Gasteiger partial charge is 0.387 e. The van der Waals surface area contributed by atoms with Gasteiger partial charge in [0, 0.05) is 22.2 Å². The van der Waals surface area contributed by atoms with Crippen molar-refractivity contribution < 1.29 is 4.39 Å². The molecule has 0 fully saturated rings. The number of imidazole rings is 1. The van der Waals surface area contributed by atoms with Crippen LogP contribution in [-0.2, 0) is 0 Å². The lowest BCUT2D eigenvalue weighted by Gasteiger charge is -2.15. The highest BCUT2D eigenvalue weighted by Crippen LogP contribution is 2.34. The van der Waals surface area contributed by atoms with E-state index >= 15 is 0 Å². The second-order valence-corrected chi connectivity index (χ2v) is 6.66. The Labute approximate surface area is 155 Å². The van der Waals surface area contributed by atoms with Gasteiger partial charge in [0.05, 0.1) is 34.1 Å². The first kappa shape index (κ1) is 17.4. The molecule has 0 saturated heterocycles. The summed E-state index contributed by atoms with van der Waals surface area (Å²) >= 11 is 9.52. The number of nitrogens with zero attached hydrogens (tertiary/aromatic N) is 1. The fraction of sp³-hybridized carbons (Fsp3) is 0.0625. The molecule has 0 unspecified atom stereocenters. The molecule has 0 spiro atoms. The SMILES string of the molecule is N=C(N)CC(=N)c1cc2[nH]cnc2c(F)c1Nc1ccc(Br)cc1Cl. The van der Waals surface area contributed by atoms with Gasteiger partial charge in [0.1, 0.15) is 5.52 Å². The van der Waals surface area contributed by atoms with Crippen molar-refractivity contribution >= 4 is 61.5 Å². The second kappa shape index (κ2) is 6.81. The molecule has 9 heteroatoms. The summed E-state index contributed by atoms with van der Waals surface area (Å²) in [6, 6.07) is 6.74. The second-order valence-electron chi connectivity index (χ2n) is 5.34. The molecule has 128 valence electrons. The first-order valence-corrected chi connectivity index (χ1v) is 8.32. The summed E-state index contributed by atoms with van der Waals surface area (Å²) in [5.74, 6) is -0.788. The highest BCUT2D eigenvalue weighted by molar-refractivity contribution is 9.10. The highest BCUT2D eigenvalue weighted by atomic mass is 79.9. The van der Waals surface area contributed by atoms with E-state index in [-0.39, 0.29) is 34.7 Å². The molecule has 1 aromatic heterocycles. The van der Waals surface area contributed by atoms with Gasteiger partial charge in [-0.2, -0.15) is 0 Å². The van der Waals surface area contributed by atoms with Crippen LogP contribution in [0, 0.1) is 16.6 Å². The lowest BCUT2D eigenvalue weighted by Crippen LogP contribution is -2.17. The van der Waals surface area contributed by atoms with E-state index in [1.165, 1.54) is 6.33 Å². The third kappa shape index (κ3) is 3.49. The van der Waals surface area contributed by atoms with E-state index in [0.29, 0.717) is 16.2 Å². The minimum atomic E-state index is -0.610. The fourth-order valence-corrected chi connectivity index (χ4v) is 3.13. The van der Waals surface area contributed by atoms with E-state index in [1.54, 1.807) is 24.3 Å². The first-order chi connectivity index (χ1) is 11.9. The normalized spacial score (nSPS) is 10.8. The van der Waals surface area contributed by atoms with Crippen molar-refractivity contribution in [3.8, 4) is 0 Å². The molecule has 0 amide bonds. The third-order valence-corrected chi connectivity index (χ3v) is 4.34. The van der Waals surface area contributed by atoms with Crippen LogP contribution in [0.3, 0.4) is 0 Å². The van der Waals surface area contributed by atoms with Crippen LogP contribution in [-0.4, -0.2) is 21.5 Å². The Morgan fingerprint density at radius 2 is 2.12 bits per heavy atom. The Morgan fingerprint density at radius 1 is 1.36 bits per heavy atom. The minimum absolute atomic E-state index is 0.0126. The zero-order valence-corrected chi connectivity index (χ0v) is 15.1. The maximum absolute atomic E-state index is 15.0. The van der Waals surface area contributed by atoms with Gasteiger partial charge in [0.25, 0.3) is 0 Å². The molecule has 6 N–H and O–H groups in total. The van der Waals surface area contributed by atoms with E-state index in [2.05, 4.69) is 31.2 Å². The molecule has 0 aliphatic rings. The van der Waals surface area contributed by atoms with Crippen molar-refractivity contribution in [2.45, 2.75) is 6.42 Å². The molecule has 0 aliphatic heterocycles. The maximum atomic E-state index is 15.0. The van der Waals surface area contributed by atoms with Gasteiger partial charge in [-0.25, -0.2) is 9.37 Å². The van der Waals surface area contributed by atoms with Crippen LogP contribution < -0.4 is 11.1 Å². The Balaban J connectivity index is 2.15. The molecule has 1 heterocycles. The Bertz CT molecular complexity index is 1000. The zero-order chi connectivity index (χ0) is 18.1. The van der Waals surface area contributed by atoms with Gasteiger partial charge in [-0.15, -0.1) is 0 Å². The van der Waals surface area contributed by atoms with Crippen molar-refractivity contribution in [2.75, 3.05) is 5.32 Å². The fourth-order valence-electron chi connectivity index (χ4n) is 2.41. The summed E-state index contributed by atoms with van der Waals surface area (Å²) in [4.78, 5) is 6.80. The van der Waals surface area contributed by atoms with Gasteiger partial charge >= 0.3 is 0 Å². The van der Waals surface area contributed by atoms with Crippen LogP contribution in [0.15, 0.2) is 35.1 Å². The topological polar surface area (TPSA) is 114 Å². The van der Waals surface area contributed by atoms with Crippen LogP contribution in [0.25, 0.3) is 11.0 Å². The van der Waals surface area contributed by atoms with Gasteiger partial charge in [0.2, 0.25) is 0 Å². The zero-order valence-electron chi connectivity index (χ0n) is 12.8. The molecular weight excluding hydrogens is 411 g/mol. The Hall–Kier alpha value is -2.45. The van der Waals surface area contributed by atoms with Gasteiger partial charge in [-0.1, -0.05) is 27.5 Å². The maximum Gasteiger partial charge on any atom is 0.175 e. The minimum Gasteiger partial charge on any atom is -0.387 e. The molecule has 0 saturated carbocycles. The summed E-state index contributed by atoms with van der Waals surface area (Å²) in [5, 5.41) is 18.9. The van der Waals surface area contributed by atoms with Crippen LogP contribution in [0.1, 0.15) is 12.0 Å². The lowest BCUT2D eigenvalue weighted by molar-refractivity contribution is 0.641. The highest BCUT2D eigenvalue weighted by Gasteiger charge is 2.19. The number of nitrogens with one attached hydrogen (secondary N) is 4. The number of benzene rings is 2. The molecule has 6 nitrogen and oxygen atoms in total. The predicted molar refractivity (Wildman–Crippen MR) is 102 cm³/mol. The summed E-state index contributed by atoms with van der Waals surface area (Å²) in [7, 11) is 0. The van der Waals surface area contributed by atoms with Gasteiger partial charge in [0.15, 0.2) is 5.82 Å². The number of halogens is 3. The number of nitrogens with two attached hydrogens (primary N) is 1. The van der Waals surface area contributed by atoms with E-state index < -0.39 is 5.82 Å². The molecule has 3 rings (SSSR count). The van der Waals surface area contributed by atoms with Crippen molar-refractivity contribution in [1.82, 2.24) is 9.97 Å². The molecule has 0 atom stereocenters. The first-order valence-electron chi connectivity index (χ1n) is 7.15. The predicted octanol–water partition coefficient (Wildman–Crippen LogP) is 4.56. The van der Waals surface area contributed by atoms with Crippen molar-refractivity contribution in [1.29, 1.82) is 10.8 Å². The summed E-state index contributed by atoms with van der Waals surface area (Å²) in [6.45, 7) is 0. The summed E-state index contributed by atoms with van der Waals surface area (Å²) in [6.07, 6.45) is 1.28. The van der Waals surface area contributed by atoms with E-state index in [0.717, 1.165) is 4.47 Å². The van der Waals surface area contributed by atoms with E-state index in [4.69, 9.17) is 28.2 Å². The van der Waals surface area contributed by atoms with Crippen LogP contribution in [0.5, 0.6) is 0 Å². The molecule has 0 aliphatic carbocycles. The number of anilines is 2. The van der Waals surface area contributed by atoms with Crippen LogP contribution in [0.2, 0.25) is 5.02 Å². The molecule has 0 radical (unpaired) electrons. The number of aromatic nitrogens is 2. The third-order valence-electron chi connectivity index (χ3n) is 3.54. The lowest BCUT2D eigenvalue weighted by atomic mass is 10.0. The van der Waals surface area contributed by atoms with Gasteiger partial charge in [-0.05, 0) is 24.3 Å². The van der Waals surface area contributed by atoms with E-state index in [9.17, 15) is 4.39 Å². The Morgan fingerprint density at radius 3 is 2.80 bits per heavy atom. The molecule has 2 aromatic carbocycles. The number of fused-ring (bicyclic) bond motifs is 1. The average Bonchev–Trinajstić information content (AvgIpc) is 3.00. The number of aromatic amines is 1. The quantitative estimate of drug-likeness (QED) is 0.306. The number of amidine groups is 1. The van der Waals surface area contributed by atoms with Gasteiger partial charge in [-0.3, -0.25) is 5.41 Å². The van der Waals surface area contributed by atoms with Crippen molar-refractivity contribution in [2.24, 2.45) is 5.73 Å². The number of hydrogen-bond acceptors (Lipinski definition) is 4. The number of H-pyrrole nitrogens is 1. The average molecular weight is 424 g/mol. The van der Waals surface area contributed by atoms with Crippen molar-refractivity contribution in [3.63, 3.8) is 0 Å². The molecular formula is C16H13BrClFN6. The Kier molecular flexibility index (Phi) is 4.73. The van der Waals surface area contributed by atoms with Crippen LogP contribution >= 0.6 is 27.5 Å². The number of hydrogen-bond donors (Lipinski definition) is 5. The summed E-state index contributed by atoms with van der Waals surface area (Å²) < 4.78 is 15.8. The number of rotatable bonds is 5. The molecule has 0 bridgehead atoms. The van der Waals surface area contributed by atoms with Crippen molar-refractivity contribution in [3.05, 3.63) is 51.5 Å². The molecule has 25 heavy (non-hydrogen) atoms. The van der Waals surface area contributed by atoms with E-state index in [1.807, 2.05) is 0 Å². The molecule has 3 aromatic rings. The van der Waals surface area contributed by atoms with Gasteiger partial charge < -0.3 is 21.4 Å². The van der Waals surface area contributed by atoms with Crippen LogP contribution in [0.4, 0.5) is 15.8 Å². The monoisotopic (exact) mass is 422 g/mol.